The first-order chi connectivity index (χ1) is 9.11. The average Bonchev–Trinajstić information content (AvgIpc) is 2.78. The smallest absolute Gasteiger partial charge is 0.0839 e. The fourth-order valence-corrected chi connectivity index (χ4v) is 3.03. The molecule has 0 aliphatic carbocycles. The Bertz CT molecular complexity index is 435. The van der Waals surface area contributed by atoms with Gasteiger partial charge in [-0.05, 0) is 25.6 Å². The van der Waals surface area contributed by atoms with Crippen LogP contribution in [0.3, 0.4) is 0 Å². The Labute approximate surface area is 116 Å². The number of benzene rings is 1. The summed E-state index contributed by atoms with van der Waals surface area (Å²) in [6.45, 7) is 5.30. The molecule has 1 aliphatic heterocycles. The lowest BCUT2D eigenvalue weighted by Gasteiger charge is -2.23. The van der Waals surface area contributed by atoms with Crippen LogP contribution in [-0.4, -0.2) is 49.6 Å². The molecule has 1 aromatic rings. The molecular formula is C16H23N3. The predicted molar refractivity (Wildman–Crippen MR) is 77.9 cm³/mol. The van der Waals surface area contributed by atoms with E-state index in [1.165, 1.54) is 0 Å². The van der Waals surface area contributed by atoms with Crippen LogP contribution in [0, 0.1) is 17.2 Å². The maximum absolute atomic E-state index is 9.39. The molecule has 0 N–H and O–H groups in total. The Balaban J connectivity index is 2.00. The number of likely N-dealkylation sites (N-methyl/N-ethyl adjacent to an activating group) is 1. The number of likely N-dealkylation sites (tertiary alicyclic amines) is 1. The van der Waals surface area contributed by atoms with E-state index in [4.69, 9.17) is 0 Å². The van der Waals surface area contributed by atoms with Crippen LogP contribution in [0.2, 0.25) is 0 Å². The van der Waals surface area contributed by atoms with Gasteiger partial charge in [-0.25, -0.2) is 0 Å². The topological polar surface area (TPSA) is 30.3 Å². The predicted octanol–water partition coefficient (Wildman–Crippen LogP) is 2.18. The minimum atomic E-state index is -0.0192. The minimum Gasteiger partial charge on any atom is -0.305 e. The monoisotopic (exact) mass is 257 g/mol. The molecule has 0 spiro atoms. The summed E-state index contributed by atoms with van der Waals surface area (Å²) >= 11 is 0. The van der Waals surface area contributed by atoms with Crippen LogP contribution in [0.25, 0.3) is 0 Å². The summed E-state index contributed by atoms with van der Waals surface area (Å²) in [5.74, 6) is 0.652. The van der Waals surface area contributed by atoms with Crippen LogP contribution in [0.1, 0.15) is 18.4 Å². The first kappa shape index (κ1) is 14.0. The Kier molecular flexibility index (Phi) is 4.57. The van der Waals surface area contributed by atoms with Gasteiger partial charge in [-0.3, -0.25) is 4.90 Å². The number of nitriles is 1. The summed E-state index contributed by atoms with van der Waals surface area (Å²) in [5.41, 5.74) is 1.13. The highest BCUT2D eigenvalue weighted by atomic mass is 15.2. The molecule has 0 amide bonds. The van der Waals surface area contributed by atoms with E-state index in [2.05, 4.69) is 49.0 Å². The molecule has 0 bridgehead atoms. The van der Waals surface area contributed by atoms with Crippen LogP contribution in [0.15, 0.2) is 30.3 Å². The first-order valence-corrected chi connectivity index (χ1v) is 6.95. The van der Waals surface area contributed by atoms with Gasteiger partial charge in [0, 0.05) is 25.7 Å². The minimum absolute atomic E-state index is 0.0192. The lowest BCUT2D eigenvalue weighted by atomic mass is 10.0. The van der Waals surface area contributed by atoms with Crippen molar-refractivity contribution >= 4 is 0 Å². The SMILES string of the molecule is CC1CN(CC(C#N)c2ccccc2)CC1N(C)C. The van der Waals surface area contributed by atoms with E-state index in [1.54, 1.807) is 0 Å². The molecule has 1 aliphatic rings. The van der Waals surface area contributed by atoms with E-state index in [0.29, 0.717) is 12.0 Å². The number of hydrogen-bond donors (Lipinski definition) is 0. The van der Waals surface area contributed by atoms with Crippen LogP contribution < -0.4 is 0 Å². The quantitative estimate of drug-likeness (QED) is 0.828. The van der Waals surface area contributed by atoms with Gasteiger partial charge in [-0.2, -0.15) is 5.26 Å². The van der Waals surface area contributed by atoms with Gasteiger partial charge in [0.1, 0.15) is 0 Å². The summed E-state index contributed by atoms with van der Waals surface area (Å²) in [6, 6.07) is 13.2. The third kappa shape index (κ3) is 3.34. The van der Waals surface area contributed by atoms with Crippen LogP contribution in [0.5, 0.6) is 0 Å². The molecule has 2 rings (SSSR count). The van der Waals surface area contributed by atoms with Gasteiger partial charge in [0.15, 0.2) is 0 Å². The third-order valence-corrected chi connectivity index (χ3v) is 4.11. The Morgan fingerprint density at radius 3 is 2.53 bits per heavy atom. The summed E-state index contributed by atoms with van der Waals surface area (Å²) in [6.07, 6.45) is 0. The molecule has 1 heterocycles. The van der Waals surface area contributed by atoms with Crippen molar-refractivity contribution in [2.24, 2.45) is 5.92 Å². The van der Waals surface area contributed by atoms with Gasteiger partial charge in [0.05, 0.1) is 12.0 Å². The molecule has 0 saturated carbocycles. The van der Waals surface area contributed by atoms with Gasteiger partial charge in [-0.1, -0.05) is 37.3 Å². The second kappa shape index (κ2) is 6.18. The van der Waals surface area contributed by atoms with Gasteiger partial charge >= 0.3 is 0 Å². The number of rotatable bonds is 4. The van der Waals surface area contributed by atoms with Crippen LogP contribution in [0.4, 0.5) is 0 Å². The van der Waals surface area contributed by atoms with Gasteiger partial charge in [0.2, 0.25) is 0 Å². The second-order valence-electron chi connectivity index (χ2n) is 5.82. The molecule has 0 aromatic heterocycles. The lowest BCUT2D eigenvalue weighted by Crippen LogP contribution is -2.35. The largest absolute Gasteiger partial charge is 0.305 e. The molecule has 1 saturated heterocycles. The van der Waals surface area contributed by atoms with Crippen molar-refractivity contribution in [3.63, 3.8) is 0 Å². The first-order valence-electron chi connectivity index (χ1n) is 6.95. The van der Waals surface area contributed by atoms with Crippen molar-refractivity contribution in [2.45, 2.75) is 18.9 Å². The van der Waals surface area contributed by atoms with Gasteiger partial charge < -0.3 is 4.90 Å². The van der Waals surface area contributed by atoms with Crippen molar-refractivity contribution in [1.82, 2.24) is 9.80 Å². The standard InChI is InChI=1S/C16H23N3/c1-13-10-19(12-16(13)18(2)3)11-15(9-17)14-7-5-4-6-8-14/h4-8,13,15-16H,10-12H2,1-3H3. The van der Waals surface area contributed by atoms with Crippen LogP contribution in [-0.2, 0) is 0 Å². The molecule has 1 fully saturated rings. The molecule has 102 valence electrons. The molecular weight excluding hydrogens is 234 g/mol. The molecule has 1 aromatic carbocycles. The molecule has 0 radical (unpaired) electrons. The zero-order valence-electron chi connectivity index (χ0n) is 12.1. The number of nitrogens with zero attached hydrogens (tertiary/aromatic N) is 3. The zero-order valence-corrected chi connectivity index (χ0v) is 12.1. The van der Waals surface area contributed by atoms with Crippen LogP contribution >= 0.6 is 0 Å². The highest BCUT2D eigenvalue weighted by Crippen LogP contribution is 2.23. The zero-order chi connectivity index (χ0) is 13.8. The lowest BCUT2D eigenvalue weighted by molar-refractivity contribution is 0.251. The van der Waals surface area contributed by atoms with Crippen molar-refractivity contribution < 1.29 is 0 Å². The number of hydrogen-bond acceptors (Lipinski definition) is 3. The molecule has 3 nitrogen and oxygen atoms in total. The summed E-state index contributed by atoms with van der Waals surface area (Å²) in [5, 5.41) is 9.39. The fraction of sp³-hybridized carbons (Fsp3) is 0.562. The summed E-state index contributed by atoms with van der Waals surface area (Å²) in [4.78, 5) is 4.73. The molecule has 3 unspecified atom stereocenters. The summed E-state index contributed by atoms with van der Waals surface area (Å²) in [7, 11) is 4.28. The Hall–Kier alpha value is -1.37. The van der Waals surface area contributed by atoms with Gasteiger partial charge in [0.25, 0.3) is 0 Å². The fourth-order valence-electron chi connectivity index (χ4n) is 3.03. The van der Waals surface area contributed by atoms with E-state index in [-0.39, 0.29) is 5.92 Å². The van der Waals surface area contributed by atoms with Gasteiger partial charge in [-0.15, -0.1) is 0 Å². The van der Waals surface area contributed by atoms with E-state index in [0.717, 1.165) is 25.2 Å². The molecule has 3 atom stereocenters. The maximum atomic E-state index is 9.39. The normalized spacial score (nSPS) is 25.4. The van der Waals surface area contributed by atoms with Crippen molar-refractivity contribution in [1.29, 1.82) is 5.26 Å². The van der Waals surface area contributed by atoms with Crippen molar-refractivity contribution in [3.05, 3.63) is 35.9 Å². The highest BCUT2D eigenvalue weighted by molar-refractivity contribution is 5.25. The molecule has 3 heteroatoms. The second-order valence-corrected chi connectivity index (χ2v) is 5.82. The highest BCUT2D eigenvalue weighted by Gasteiger charge is 2.32. The maximum Gasteiger partial charge on any atom is 0.0839 e. The summed E-state index contributed by atoms with van der Waals surface area (Å²) < 4.78 is 0. The average molecular weight is 257 g/mol. The van der Waals surface area contributed by atoms with Crippen molar-refractivity contribution in [2.75, 3.05) is 33.7 Å². The Morgan fingerprint density at radius 1 is 1.32 bits per heavy atom. The third-order valence-electron chi connectivity index (χ3n) is 4.11. The van der Waals surface area contributed by atoms with E-state index in [1.807, 2.05) is 18.2 Å². The van der Waals surface area contributed by atoms with E-state index in [9.17, 15) is 5.26 Å². The van der Waals surface area contributed by atoms with E-state index < -0.39 is 0 Å². The molecule has 19 heavy (non-hydrogen) atoms. The van der Waals surface area contributed by atoms with Crippen molar-refractivity contribution in [3.8, 4) is 6.07 Å². The Morgan fingerprint density at radius 2 is 2.00 bits per heavy atom. The van der Waals surface area contributed by atoms with E-state index >= 15 is 0 Å².